The molecule has 2 aromatic heterocycles. The van der Waals surface area contributed by atoms with Crippen LogP contribution >= 0.6 is 0 Å². The van der Waals surface area contributed by atoms with Gasteiger partial charge in [0.05, 0.1) is 12.8 Å². The van der Waals surface area contributed by atoms with Gasteiger partial charge in [-0.1, -0.05) is 0 Å². The molecular formula is C16H20N4O2. The van der Waals surface area contributed by atoms with Crippen molar-refractivity contribution in [2.75, 3.05) is 18.5 Å². The number of fused-ring (bicyclic) bond motifs is 1. The van der Waals surface area contributed by atoms with Crippen molar-refractivity contribution in [3.63, 3.8) is 0 Å². The number of aromatic nitrogens is 3. The van der Waals surface area contributed by atoms with Crippen molar-refractivity contribution < 1.29 is 9.53 Å². The Labute approximate surface area is 129 Å². The average Bonchev–Trinajstić information content (AvgIpc) is 3.16. The highest BCUT2D eigenvalue weighted by molar-refractivity contribution is 5.78. The Hall–Kier alpha value is -2.37. The number of nitrogens with zero attached hydrogens (tertiary/aromatic N) is 3. The molecule has 0 atom stereocenters. The van der Waals surface area contributed by atoms with Crippen LogP contribution in [0.5, 0.6) is 0 Å². The molecule has 0 aliphatic carbocycles. The quantitative estimate of drug-likeness (QED) is 0.877. The summed E-state index contributed by atoms with van der Waals surface area (Å²) >= 11 is 0. The van der Waals surface area contributed by atoms with Crippen LogP contribution in [0.4, 0.5) is 5.82 Å². The summed E-state index contributed by atoms with van der Waals surface area (Å²) in [5.41, 5.74) is 2.47. The lowest BCUT2D eigenvalue weighted by molar-refractivity contribution is -0.152. The molecule has 1 N–H and O–H groups in total. The molecule has 0 bridgehead atoms. The average molecular weight is 300 g/mol. The van der Waals surface area contributed by atoms with Gasteiger partial charge in [-0.25, -0.2) is 9.78 Å². The van der Waals surface area contributed by atoms with Crippen molar-refractivity contribution in [3.8, 4) is 11.1 Å². The van der Waals surface area contributed by atoms with Crippen LogP contribution in [-0.2, 0) is 21.5 Å². The molecule has 3 heterocycles. The van der Waals surface area contributed by atoms with Crippen molar-refractivity contribution in [2.24, 2.45) is 0 Å². The second-order valence-corrected chi connectivity index (χ2v) is 5.82. The Morgan fingerprint density at radius 2 is 2.32 bits per heavy atom. The molecule has 2 aromatic rings. The van der Waals surface area contributed by atoms with Gasteiger partial charge in [0, 0.05) is 30.1 Å². The lowest BCUT2D eigenvalue weighted by Crippen LogP contribution is -2.37. The van der Waals surface area contributed by atoms with Gasteiger partial charge >= 0.3 is 5.97 Å². The van der Waals surface area contributed by atoms with E-state index >= 15 is 0 Å². The van der Waals surface area contributed by atoms with Gasteiger partial charge in [0.15, 0.2) is 5.54 Å². The van der Waals surface area contributed by atoms with Crippen LogP contribution in [0.3, 0.4) is 0 Å². The van der Waals surface area contributed by atoms with Crippen molar-refractivity contribution in [2.45, 2.75) is 32.7 Å². The summed E-state index contributed by atoms with van der Waals surface area (Å²) in [6, 6.07) is 1.99. The van der Waals surface area contributed by atoms with Crippen LogP contribution in [-0.4, -0.2) is 33.9 Å². The van der Waals surface area contributed by atoms with Crippen LogP contribution in [0.15, 0.2) is 24.7 Å². The maximum atomic E-state index is 12.1. The summed E-state index contributed by atoms with van der Waals surface area (Å²) < 4.78 is 6.79. The lowest BCUT2D eigenvalue weighted by Gasteiger charge is -2.22. The molecule has 0 fully saturated rings. The molecule has 116 valence electrons. The van der Waals surface area contributed by atoms with E-state index in [1.807, 2.05) is 12.3 Å². The Morgan fingerprint density at radius 3 is 3.09 bits per heavy atom. The van der Waals surface area contributed by atoms with E-state index in [0.717, 1.165) is 29.9 Å². The number of pyridine rings is 1. The van der Waals surface area contributed by atoms with Gasteiger partial charge in [0.2, 0.25) is 0 Å². The van der Waals surface area contributed by atoms with Crippen molar-refractivity contribution in [1.29, 1.82) is 0 Å². The van der Waals surface area contributed by atoms with E-state index in [9.17, 15) is 4.79 Å². The summed E-state index contributed by atoms with van der Waals surface area (Å²) in [5.74, 6) is 0.654. The van der Waals surface area contributed by atoms with E-state index in [-0.39, 0.29) is 5.97 Å². The summed E-state index contributed by atoms with van der Waals surface area (Å²) in [6.45, 7) is 6.68. The molecule has 0 radical (unpaired) electrons. The monoisotopic (exact) mass is 300 g/mol. The summed E-state index contributed by atoms with van der Waals surface area (Å²) in [4.78, 5) is 16.4. The van der Waals surface area contributed by atoms with Crippen molar-refractivity contribution in [3.05, 3.63) is 30.2 Å². The zero-order chi connectivity index (χ0) is 15.7. The van der Waals surface area contributed by atoms with Gasteiger partial charge in [0.25, 0.3) is 0 Å². The molecule has 1 aliphatic heterocycles. The van der Waals surface area contributed by atoms with Crippen LogP contribution in [0.25, 0.3) is 11.1 Å². The van der Waals surface area contributed by atoms with E-state index < -0.39 is 5.54 Å². The topological polar surface area (TPSA) is 69.0 Å². The van der Waals surface area contributed by atoms with Gasteiger partial charge in [-0.05, 0) is 38.8 Å². The Bertz CT molecular complexity index is 706. The lowest BCUT2D eigenvalue weighted by atomic mass is 10.0. The molecule has 0 spiro atoms. The number of carbonyl (C=O) groups excluding carboxylic acids is 1. The fourth-order valence-corrected chi connectivity index (χ4v) is 2.64. The maximum absolute atomic E-state index is 12.1. The highest BCUT2D eigenvalue weighted by Crippen LogP contribution is 2.31. The van der Waals surface area contributed by atoms with Crippen LogP contribution in [0.1, 0.15) is 26.3 Å². The fourth-order valence-electron chi connectivity index (χ4n) is 2.64. The molecule has 0 saturated carbocycles. The molecule has 1 aliphatic rings. The van der Waals surface area contributed by atoms with E-state index in [1.54, 1.807) is 37.8 Å². The van der Waals surface area contributed by atoms with E-state index in [2.05, 4.69) is 15.4 Å². The third kappa shape index (κ3) is 2.34. The number of rotatable bonds is 4. The minimum Gasteiger partial charge on any atom is -0.464 e. The van der Waals surface area contributed by atoms with Crippen LogP contribution in [0, 0.1) is 0 Å². The third-order valence-corrected chi connectivity index (χ3v) is 3.96. The smallest absolute Gasteiger partial charge is 0.333 e. The van der Waals surface area contributed by atoms with E-state index in [1.165, 1.54) is 5.56 Å². The number of anilines is 1. The van der Waals surface area contributed by atoms with Crippen molar-refractivity contribution >= 4 is 11.8 Å². The number of hydrogen-bond donors (Lipinski definition) is 1. The largest absolute Gasteiger partial charge is 0.464 e. The minimum absolute atomic E-state index is 0.286. The molecule has 6 heteroatoms. The first-order valence-corrected chi connectivity index (χ1v) is 7.48. The predicted octanol–water partition coefficient (Wildman–Crippen LogP) is 2.21. The van der Waals surface area contributed by atoms with E-state index in [4.69, 9.17) is 4.74 Å². The Balaban J connectivity index is 1.95. The molecule has 3 rings (SSSR count). The first kappa shape index (κ1) is 14.6. The van der Waals surface area contributed by atoms with Gasteiger partial charge in [-0.15, -0.1) is 0 Å². The summed E-state index contributed by atoms with van der Waals surface area (Å²) in [6.07, 6.45) is 6.42. The predicted molar refractivity (Wildman–Crippen MR) is 83.6 cm³/mol. The zero-order valence-corrected chi connectivity index (χ0v) is 13.1. The zero-order valence-electron chi connectivity index (χ0n) is 13.1. The van der Waals surface area contributed by atoms with Crippen molar-refractivity contribution in [1.82, 2.24) is 14.8 Å². The minimum atomic E-state index is -0.831. The molecule has 22 heavy (non-hydrogen) atoms. The molecule has 0 saturated heterocycles. The number of nitrogens with one attached hydrogen (secondary N) is 1. The van der Waals surface area contributed by atoms with Gasteiger partial charge in [0.1, 0.15) is 5.82 Å². The van der Waals surface area contributed by atoms with Crippen LogP contribution in [0.2, 0.25) is 0 Å². The first-order chi connectivity index (χ1) is 10.5. The molecule has 0 aromatic carbocycles. The Kier molecular flexibility index (Phi) is 3.60. The second-order valence-electron chi connectivity index (χ2n) is 5.82. The maximum Gasteiger partial charge on any atom is 0.333 e. The highest BCUT2D eigenvalue weighted by atomic mass is 16.5. The second kappa shape index (κ2) is 5.44. The fraction of sp³-hybridized carbons (Fsp3) is 0.438. The molecule has 0 amide bonds. The molecule has 6 nitrogen and oxygen atoms in total. The number of ether oxygens (including phenoxy) is 1. The Morgan fingerprint density at radius 1 is 1.50 bits per heavy atom. The number of carbonyl (C=O) groups is 1. The first-order valence-electron chi connectivity index (χ1n) is 7.48. The van der Waals surface area contributed by atoms with Gasteiger partial charge < -0.3 is 10.1 Å². The number of esters is 1. The highest BCUT2D eigenvalue weighted by Gasteiger charge is 2.32. The summed E-state index contributed by atoms with van der Waals surface area (Å²) in [7, 11) is 0. The SMILES string of the molecule is CCOC(=O)C(C)(C)n1cc(-c2ccnc3c2CCN3)cn1. The normalized spacial score (nSPS) is 13.6. The standard InChI is InChI=1S/C16H20N4O2/c1-4-22-15(21)16(2,3)20-10-11(9-19-20)12-5-7-17-14-13(12)6-8-18-14/h5,7,9-10H,4,6,8H2,1-3H3,(H,17,18). The molecule has 0 unspecified atom stereocenters. The van der Waals surface area contributed by atoms with E-state index in [0.29, 0.717) is 6.61 Å². The van der Waals surface area contributed by atoms with Gasteiger partial charge in [-0.3, -0.25) is 4.68 Å². The third-order valence-electron chi connectivity index (χ3n) is 3.96. The van der Waals surface area contributed by atoms with Gasteiger partial charge in [-0.2, -0.15) is 5.10 Å². The number of hydrogen-bond acceptors (Lipinski definition) is 5. The molecular weight excluding hydrogens is 280 g/mol. The van der Waals surface area contributed by atoms with Crippen LogP contribution < -0.4 is 5.32 Å². The summed E-state index contributed by atoms with van der Waals surface area (Å²) in [5, 5.41) is 7.64.